The Balaban J connectivity index is 1.54. The lowest BCUT2D eigenvalue weighted by Crippen LogP contribution is -2.32. The fourth-order valence-corrected chi connectivity index (χ4v) is 3.17. The monoisotopic (exact) mass is 317 g/mol. The first-order valence-corrected chi connectivity index (χ1v) is 7.84. The Morgan fingerprint density at radius 3 is 1.71 bits per heavy atom. The second kappa shape index (κ2) is 4.92. The lowest BCUT2D eigenvalue weighted by Gasteiger charge is -2.36. The van der Waals surface area contributed by atoms with E-state index in [4.69, 9.17) is 4.74 Å². The molecule has 0 radical (unpaired) electrons. The molecular formula is C18H15N5O. The molecule has 3 aromatic rings. The Morgan fingerprint density at radius 2 is 1.25 bits per heavy atom. The summed E-state index contributed by atoms with van der Waals surface area (Å²) in [6.07, 6.45) is 0. The summed E-state index contributed by atoms with van der Waals surface area (Å²) in [6.45, 7) is 1.61. The van der Waals surface area contributed by atoms with Gasteiger partial charge in [-0.3, -0.25) is 0 Å². The van der Waals surface area contributed by atoms with Gasteiger partial charge in [0.05, 0.1) is 20.2 Å². The second-order valence-electron chi connectivity index (χ2n) is 5.85. The molecule has 24 heavy (non-hydrogen) atoms. The average Bonchev–Trinajstić information content (AvgIpc) is 2.57. The van der Waals surface area contributed by atoms with Crippen molar-refractivity contribution in [3.05, 3.63) is 59.7 Å². The van der Waals surface area contributed by atoms with Crippen LogP contribution in [0.5, 0.6) is 6.01 Å². The van der Waals surface area contributed by atoms with Crippen molar-refractivity contribution in [1.29, 1.82) is 0 Å². The van der Waals surface area contributed by atoms with Crippen LogP contribution in [0.3, 0.4) is 0 Å². The molecule has 0 bridgehead atoms. The van der Waals surface area contributed by atoms with Crippen LogP contribution < -0.4 is 14.5 Å². The van der Waals surface area contributed by atoms with E-state index in [0.717, 1.165) is 24.5 Å². The van der Waals surface area contributed by atoms with Crippen molar-refractivity contribution in [2.24, 2.45) is 0 Å². The summed E-state index contributed by atoms with van der Waals surface area (Å²) in [5.74, 6) is 1.25. The number of hydrogen-bond donors (Lipinski definition) is 0. The van der Waals surface area contributed by atoms with Crippen molar-refractivity contribution in [3.63, 3.8) is 0 Å². The highest BCUT2D eigenvalue weighted by atomic mass is 16.5. The van der Waals surface area contributed by atoms with Crippen molar-refractivity contribution in [1.82, 2.24) is 15.0 Å². The van der Waals surface area contributed by atoms with Crippen molar-refractivity contribution >= 4 is 23.3 Å². The molecule has 0 unspecified atom stereocenters. The largest absolute Gasteiger partial charge is 0.467 e. The van der Waals surface area contributed by atoms with E-state index >= 15 is 0 Å². The summed E-state index contributed by atoms with van der Waals surface area (Å²) < 4.78 is 5.29. The van der Waals surface area contributed by atoms with E-state index in [1.165, 1.54) is 11.1 Å². The number of para-hydroxylation sites is 2. The molecule has 0 N–H and O–H groups in total. The summed E-state index contributed by atoms with van der Waals surface area (Å²) in [4.78, 5) is 17.7. The number of ether oxygens (including phenoxy) is 1. The number of anilines is 4. The van der Waals surface area contributed by atoms with Crippen LogP contribution >= 0.6 is 0 Å². The molecule has 2 aliphatic rings. The molecular weight excluding hydrogens is 302 g/mol. The fourth-order valence-electron chi connectivity index (χ4n) is 3.17. The molecule has 118 valence electrons. The molecule has 0 aliphatic carbocycles. The molecule has 0 atom stereocenters. The molecule has 3 heterocycles. The first-order chi connectivity index (χ1) is 11.8. The summed E-state index contributed by atoms with van der Waals surface area (Å²) in [5.41, 5.74) is 4.88. The van der Waals surface area contributed by atoms with E-state index in [9.17, 15) is 0 Å². The van der Waals surface area contributed by atoms with Crippen molar-refractivity contribution in [3.8, 4) is 6.01 Å². The molecule has 2 aliphatic heterocycles. The Hall–Kier alpha value is -3.15. The van der Waals surface area contributed by atoms with Crippen LogP contribution in [0.25, 0.3) is 0 Å². The lowest BCUT2D eigenvalue weighted by molar-refractivity contribution is 0.378. The van der Waals surface area contributed by atoms with E-state index in [1.807, 2.05) is 24.3 Å². The summed E-state index contributed by atoms with van der Waals surface area (Å²) in [6, 6.07) is 16.9. The Morgan fingerprint density at radius 1 is 0.750 bits per heavy atom. The zero-order chi connectivity index (χ0) is 16.1. The maximum atomic E-state index is 5.29. The van der Waals surface area contributed by atoms with Gasteiger partial charge in [-0.25, -0.2) is 0 Å². The van der Waals surface area contributed by atoms with Crippen LogP contribution in [0, 0.1) is 0 Å². The summed E-state index contributed by atoms with van der Waals surface area (Å²) >= 11 is 0. The van der Waals surface area contributed by atoms with Gasteiger partial charge in [0.2, 0.25) is 11.9 Å². The van der Waals surface area contributed by atoms with Gasteiger partial charge in [0.1, 0.15) is 0 Å². The quantitative estimate of drug-likeness (QED) is 0.739. The van der Waals surface area contributed by atoms with Gasteiger partial charge in [0, 0.05) is 11.4 Å². The smallest absolute Gasteiger partial charge is 0.322 e. The number of nitrogens with zero attached hydrogens (tertiary/aromatic N) is 5. The van der Waals surface area contributed by atoms with Gasteiger partial charge in [0.15, 0.2) is 0 Å². The summed E-state index contributed by atoms with van der Waals surface area (Å²) in [5, 5.41) is 0. The molecule has 0 saturated carbocycles. The highest BCUT2D eigenvalue weighted by Gasteiger charge is 2.30. The number of methoxy groups -OCH3 is 1. The van der Waals surface area contributed by atoms with Crippen LogP contribution in [0.1, 0.15) is 11.1 Å². The van der Waals surface area contributed by atoms with Crippen LogP contribution in [-0.2, 0) is 13.1 Å². The number of benzene rings is 2. The minimum Gasteiger partial charge on any atom is -0.467 e. The molecule has 1 aromatic heterocycles. The zero-order valence-electron chi connectivity index (χ0n) is 13.2. The maximum Gasteiger partial charge on any atom is 0.322 e. The normalized spacial score (nSPS) is 14.4. The summed E-state index contributed by atoms with van der Waals surface area (Å²) in [7, 11) is 1.58. The van der Waals surface area contributed by atoms with Gasteiger partial charge in [-0.2, -0.15) is 15.0 Å². The average molecular weight is 317 g/mol. The maximum absolute atomic E-state index is 5.29. The van der Waals surface area contributed by atoms with Gasteiger partial charge in [-0.1, -0.05) is 36.4 Å². The Labute approximate surface area is 139 Å². The number of aromatic nitrogens is 3. The molecule has 0 saturated heterocycles. The minimum absolute atomic E-state index is 0.337. The molecule has 6 heteroatoms. The zero-order valence-corrected chi connectivity index (χ0v) is 13.2. The van der Waals surface area contributed by atoms with Gasteiger partial charge >= 0.3 is 6.01 Å². The van der Waals surface area contributed by atoms with Crippen molar-refractivity contribution < 1.29 is 4.74 Å². The van der Waals surface area contributed by atoms with E-state index < -0.39 is 0 Å². The molecule has 5 rings (SSSR count). The molecule has 6 nitrogen and oxygen atoms in total. The fraction of sp³-hybridized carbons (Fsp3) is 0.167. The second-order valence-corrected chi connectivity index (χ2v) is 5.85. The molecule has 0 fully saturated rings. The van der Waals surface area contributed by atoms with E-state index in [-0.39, 0.29) is 0 Å². The third-order valence-corrected chi connectivity index (χ3v) is 4.48. The lowest BCUT2D eigenvalue weighted by atomic mass is 10.0. The molecule has 2 aromatic carbocycles. The van der Waals surface area contributed by atoms with Gasteiger partial charge in [-0.15, -0.1) is 0 Å². The van der Waals surface area contributed by atoms with E-state index in [1.54, 1.807) is 7.11 Å². The van der Waals surface area contributed by atoms with Crippen LogP contribution in [-0.4, -0.2) is 22.1 Å². The highest BCUT2D eigenvalue weighted by Crippen LogP contribution is 2.41. The topological polar surface area (TPSA) is 54.4 Å². The van der Waals surface area contributed by atoms with E-state index in [0.29, 0.717) is 17.9 Å². The van der Waals surface area contributed by atoms with E-state index in [2.05, 4.69) is 49.0 Å². The minimum atomic E-state index is 0.337. The third kappa shape index (κ3) is 1.86. The van der Waals surface area contributed by atoms with Gasteiger partial charge in [0.25, 0.3) is 0 Å². The number of rotatable bonds is 3. The predicted octanol–water partition coefficient (Wildman–Crippen LogP) is 3.18. The predicted molar refractivity (Wildman–Crippen MR) is 90.9 cm³/mol. The first kappa shape index (κ1) is 13.3. The van der Waals surface area contributed by atoms with Crippen LogP contribution in [0.4, 0.5) is 23.3 Å². The SMILES string of the molecule is COc1nc(N2Cc3ccccc32)nc(N2Cc3ccccc32)n1. The van der Waals surface area contributed by atoms with Crippen molar-refractivity contribution in [2.45, 2.75) is 13.1 Å². The Kier molecular flexibility index (Phi) is 2.73. The van der Waals surface area contributed by atoms with Gasteiger partial charge < -0.3 is 14.5 Å². The van der Waals surface area contributed by atoms with Crippen LogP contribution in [0.2, 0.25) is 0 Å². The Bertz CT molecular complexity index is 870. The first-order valence-electron chi connectivity index (χ1n) is 7.84. The highest BCUT2D eigenvalue weighted by molar-refractivity contribution is 5.73. The van der Waals surface area contributed by atoms with Crippen LogP contribution in [0.15, 0.2) is 48.5 Å². The molecule has 0 amide bonds. The van der Waals surface area contributed by atoms with Gasteiger partial charge in [-0.05, 0) is 23.3 Å². The number of hydrogen-bond acceptors (Lipinski definition) is 6. The van der Waals surface area contributed by atoms with Crippen molar-refractivity contribution in [2.75, 3.05) is 16.9 Å². The third-order valence-electron chi connectivity index (χ3n) is 4.48. The standard InChI is InChI=1S/C18H15N5O/c1-24-18-20-16(22-10-12-6-2-4-8-14(12)22)19-17(21-18)23-11-13-7-3-5-9-15(13)23/h2-9H,10-11H2,1H3. The molecule has 0 spiro atoms. The number of fused-ring (bicyclic) bond motifs is 2.